The van der Waals surface area contributed by atoms with Gasteiger partial charge in [-0.2, -0.15) is 8.78 Å². The molecule has 5 nitrogen and oxygen atoms in total. The van der Waals surface area contributed by atoms with Crippen LogP contribution in [0.1, 0.15) is 38.2 Å². The van der Waals surface area contributed by atoms with Gasteiger partial charge in [-0.15, -0.1) is 24.8 Å². The zero-order valence-corrected chi connectivity index (χ0v) is 14.7. The zero-order chi connectivity index (χ0) is 15.7. The maximum atomic E-state index is 13.4. The number of fused-ring (bicyclic) bond motifs is 1. The number of benzene rings is 1. The minimum absolute atomic E-state index is 0. The first-order valence-electron chi connectivity index (χ1n) is 7.36. The van der Waals surface area contributed by atoms with Gasteiger partial charge < -0.3 is 10.6 Å². The van der Waals surface area contributed by atoms with Gasteiger partial charge in [-0.1, -0.05) is 12.1 Å². The molecule has 24 heavy (non-hydrogen) atoms. The fraction of sp³-hybridized carbons (Fsp3) is 0.467. The highest BCUT2D eigenvalue weighted by molar-refractivity contribution is 5.85. The summed E-state index contributed by atoms with van der Waals surface area (Å²) in [4.78, 5) is 16.4. The van der Waals surface area contributed by atoms with Gasteiger partial charge in [0.05, 0.1) is 23.1 Å². The van der Waals surface area contributed by atoms with Crippen LogP contribution in [0.4, 0.5) is 8.78 Å². The van der Waals surface area contributed by atoms with Crippen molar-refractivity contribution < 1.29 is 13.6 Å². The number of aromatic nitrogens is 2. The minimum Gasteiger partial charge on any atom is -0.345 e. The standard InChI is InChI=1S/C15H18F2N4O.2ClH/c1-9(19-14(22)11-6-4-8-18-11)13-20-10-5-2-3-7-12(10)21(13)15(16)17;;/h2-3,5,7,9,11,15,18H,4,6,8H2,1H3,(H,19,22);2*1H. The number of hydrogen-bond acceptors (Lipinski definition) is 3. The molecule has 134 valence electrons. The van der Waals surface area contributed by atoms with E-state index in [1.807, 2.05) is 0 Å². The molecule has 2 atom stereocenters. The summed E-state index contributed by atoms with van der Waals surface area (Å²) in [7, 11) is 0. The first kappa shape index (κ1) is 20.6. The number of rotatable bonds is 4. The van der Waals surface area contributed by atoms with E-state index in [4.69, 9.17) is 0 Å². The molecule has 0 radical (unpaired) electrons. The molecule has 2 unspecified atom stereocenters. The molecule has 1 aliphatic rings. The highest BCUT2D eigenvalue weighted by atomic mass is 35.5. The summed E-state index contributed by atoms with van der Waals surface area (Å²) in [5.74, 6) is 0.000388. The molecular weight excluding hydrogens is 361 g/mol. The second-order valence-corrected chi connectivity index (χ2v) is 5.49. The fourth-order valence-electron chi connectivity index (χ4n) is 2.86. The number of nitrogens with one attached hydrogen (secondary N) is 2. The second kappa shape index (κ2) is 8.60. The Hall–Kier alpha value is -1.44. The molecule has 2 heterocycles. The molecule has 1 fully saturated rings. The molecule has 0 aliphatic carbocycles. The smallest absolute Gasteiger partial charge is 0.320 e. The molecule has 1 aromatic carbocycles. The highest BCUT2D eigenvalue weighted by Crippen LogP contribution is 2.26. The average Bonchev–Trinajstić information content (AvgIpc) is 3.14. The number of carbonyl (C=O) groups excluding carboxylic acids is 1. The lowest BCUT2D eigenvalue weighted by molar-refractivity contribution is -0.123. The predicted molar refractivity (Wildman–Crippen MR) is 93.1 cm³/mol. The summed E-state index contributed by atoms with van der Waals surface area (Å²) in [6, 6.07) is 5.90. The molecule has 0 spiro atoms. The van der Waals surface area contributed by atoms with Gasteiger partial charge in [-0.25, -0.2) is 4.98 Å². The van der Waals surface area contributed by atoms with Gasteiger partial charge in [0.1, 0.15) is 5.82 Å². The van der Waals surface area contributed by atoms with Crippen LogP contribution in [0.25, 0.3) is 11.0 Å². The molecule has 2 aromatic rings. The zero-order valence-electron chi connectivity index (χ0n) is 13.0. The van der Waals surface area contributed by atoms with Crippen LogP contribution in [-0.4, -0.2) is 28.0 Å². The maximum Gasteiger partial charge on any atom is 0.320 e. The Morgan fingerprint density at radius 2 is 2.08 bits per heavy atom. The minimum atomic E-state index is -2.70. The van der Waals surface area contributed by atoms with Gasteiger partial charge >= 0.3 is 6.55 Å². The van der Waals surface area contributed by atoms with E-state index in [0.717, 1.165) is 24.0 Å². The first-order valence-corrected chi connectivity index (χ1v) is 7.36. The van der Waals surface area contributed by atoms with Gasteiger partial charge in [0.25, 0.3) is 0 Å². The van der Waals surface area contributed by atoms with E-state index in [1.165, 1.54) is 0 Å². The van der Waals surface area contributed by atoms with E-state index < -0.39 is 12.6 Å². The van der Waals surface area contributed by atoms with Gasteiger partial charge in [0.15, 0.2) is 0 Å². The lowest BCUT2D eigenvalue weighted by Gasteiger charge is -2.18. The van der Waals surface area contributed by atoms with Crippen LogP contribution in [-0.2, 0) is 4.79 Å². The third-order valence-electron chi connectivity index (χ3n) is 3.94. The number of hydrogen-bond donors (Lipinski definition) is 2. The maximum absolute atomic E-state index is 13.4. The molecule has 0 bridgehead atoms. The van der Waals surface area contributed by atoms with Gasteiger partial charge in [0, 0.05) is 0 Å². The molecule has 1 aliphatic heterocycles. The Kier molecular flexibility index (Phi) is 7.38. The fourth-order valence-corrected chi connectivity index (χ4v) is 2.86. The van der Waals surface area contributed by atoms with E-state index in [9.17, 15) is 13.6 Å². The van der Waals surface area contributed by atoms with Crippen LogP contribution >= 0.6 is 24.8 Å². The quantitative estimate of drug-likeness (QED) is 0.855. The normalized spacial score (nSPS) is 18.1. The molecule has 2 N–H and O–H groups in total. The Balaban J connectivity index is 0.00000144. The van der Waals surface area contributed by atoms with E-state index in [2.05, 4.69) is 15.6 Å². The molecule has 1 saturated heterocycles. The summed E-state index contributed by atoms with van der Waals surface area (Å²) in [6.07, 6.45) is 1.71. The van der Waals surface area contributed by atoms with Crippen molar-refractivity contribution in [1.29, 1.82) is 0 Å². The van der Waals surface area contributed by atoms with Crippen molar-refractivity contribution in [3.63, 3.8) is 0 Å². The molecule has 3 rings (SSSR count). The molecular formula is C15H20Cl2F2N4O. The second-order valence-electron chi connectivity index (χ2n) is 5.49. The Morgan fingerprint density at radius 3 is 2.71 bits per heavy atom. The molecule has 1 aromatic heterocycles. The Morgan fingerprint density at radius 1 is 1.38 bits per heavy atom. The summed E-state index contributed by atoms with van der Waals surface area (Å²) < 4.78 is 27.7. The van der Waals surface area contributed by atoms with Gasteiger partial charge in [-0.3, -0.25) is 9.36 Å². The van der Waals surface area contributed by atoms with Gasteiger partial charge in [0.2, 0.25) is 5.91 Å². The average molecular weight is 381 g/mol. The number of imidazole rings is 1. The van der Waals surface area contributed by atoms with Crippen LogP contribution in [0, 0.1) is 0 Å². The van der Waals surface area contributed by atoms with E-state index in [0.29, 0.717) is 11.0 Å². The van der Waals surface area contributed by atoms with E-state index >= 15 is 0 Å². The molecule has 0 saturated carbocycles. The van der Waals surface area contributed by atoms with E-state index in [-0.39, 0.29) is 42.6 Å². The van der Waals surface area contributed by atoms with Crippen LogP contribution < -0.4 is 10.6 Å². The third kappa shape index (κ3) is 3.96. The van der Waals surface area contributed by atoms with Gasteiger partial charge in [-0.05, 0) is 38.4 Å². The Bertz CT molecular complexity index is 689. The van der Waals surface area contributed by atoms with Crippen molar-refractivity contribution in [3.8, 4) is 0 Å². The lowest BCUT2D eigenvalue weighted by atomic mass is 10.2. The Labute approximate surface area is 151 Å². The van der Waals surface area contributed by atoms with Crippen LogP contribution in [0.2, 0.25) is 0 Å². The van der Waals surface area contributed by atoms with Crippen molar-refractivity contribution >= 4 is 41.8 Å². The number of amides is 1. The number of carbonyl (C=O) groups is 1. The highest BCUT2D eigenvalue weighted by Gasteiger charge is 2.27. The van der Waals surface area contributed by atoms with Crippen molar-refractivity contribution in [2.75, 3.05) is 6.54 Å². The van der Waals surface area contributed by atoms with Crippen molar-refractivity contribution in [1.82, 2.24) is 20.2 Å². The first-order chi connectivity index (χ1) is 10.6. The SMILES string of the molecule is CC(NC(=O)C1CCCN1)c1nc2ccccc2n1C(F)F.Cl.Cl. The van der Waals surface area contributed by atoms with Crippen LogP contribution in [0.15, 0.2) is 24.3 Å². The number of alkyl halides is 2. The third-order valence-corrected chi connectivity index (χ3v) is 3.94. The largest absolute Gasteiger partial charge is 0.345 e. The number of nitrogens with zero attached hydrogens (tertiary/aromatic N) is 2. The number of para-hydroxylation sites is 2. The van der Waals surface area contributed by atoms with Crippen LogP contribution in [0.5, 0.6) is 0 Å². The molecule has 9 heteroatoms. The summed E-state index contributed by atoms with van der Waals surface area (Å²) in [6.45, 7) is -0.221. The van der Waals surface area contributed by atoms with Crippen molar-refractivity contribution in [2.45, 2.75) is 38.4 Å². The van der Waals surface area contributed by atoms with Crippen molar-refractivity contribution in [2.24, 2.45) is 0 Å². The van der Waals surface area contributed by atoms with Crippen molar-refractivity contribution in [3.05, 3.63) is 30.1 Å². The topological polar surface area (TPSA) is 59.0 Å². The monoisotopic (exact) mass is 380 g/mol. The lowest BCUT2D eigenvalue weighted by Crippen LogP contribution is -2.42. The predicted octanol–water partition coefficient (Wildman–Crippen LogP) is 3.20. The number of halogens is 4. The summed E-state index contributed by atoms with van der Waals surface area (Å²) in [5.41, 5.74) is 0.866. The van der Waals surface area contributed by atoms with E-state index in [1.54, 1.807) is 31.2 Å². The summed E-state index contributed by atoms with van der Waals surface area (Å²) >= 11 is 0. The summed E-state index contributed by atoms with van der Waals surface area (Å²) in [5, 5.41) is 5.87. The molecule has 1 amide bonds. The van der Waals surface area contributed by atoms with Crippen LogP contribution in [0.3, 0.4) is 0 Å².